The minimum absolute atomic E-state index is 0.730. The summed E-state index contributed by atoms with van der Waals surface area (Å²) in [4.78, 5) is 2.38. The second-order valence-corrected chi connectivity index (χ2v) is 4.59. The Kier molecular flexibility index (Phi) is 7.46. The van der Waals surface area contributed by atoms with Gasteiger partial charge in [0.15, 0.2) is 0 Å². The average molecular weight is 250 g/mol. The molecule has 0 bridgehead atoms. The molecule has 18 heavy (non-hydrogen) atoms. The van der Waals surface area contributed by atoms with Gasteiger partial charge in [0.1, 0.15) is 5.75 Å². The van der Waals surface area contributed by atoms with Gasteiger partial charge < -0.3 is 15.0 Å². The molecule has 0 unspecified atom stereocenters. The van der Waals surface area contributed by atoms with Gasteiger partial charge in [0.25, 0.3) is 0 Å². The second-order valence-electron chi connectivity index (χ2n) is 4.59. The fourth-order valence-corrected chi connectivity index (χ4v) is 1.88. The van der Waals surface area contributed by atoms with Crippen molar-refractivity contribution in [2.45, 2.75) is 19.8 Å². The molecule has 1 rings (SSSR count). The highest BCUT2D eigenvalue weighted by Gasteiger charge is 2.00. The Morgan fingerprint density at radius 2 is 1.89 bits per heavy atom. The van der Waals surface area contributed by atoms with Crippen LogP contribution in [0.4, 0.5) is 0 Å². The molecule has 1 N–H and O–H groups in total. The third-order valence-corrected chi connectivity index (χ3v) is 2.98. The fourth-order valence-electron chi connectivity index (χ4n) is 1.88. The first-order valence-corrected chi connectivity index (χ1v) is 6.81. The number of likely N-dealkylation sites (N-methyl/N-ethyl adjacent to an activating group) is 1. The van der Waals surface area contributed by atoms with Crippen LogP contribution in [0.1, 0.15) is 18.9 Å². The van der Waals surface area contributed by atoms with Gasteiger partial charge in [-0.15, -0.1) is 0 Å². The summed E-state index contributed by atoms with van der Waals surface area (Å²) in [5.74, 6) is 0.962. The van der Waals surface area contributed by atoms with E-state index in [2.05, 4.69) is 41.5 Å². The molecule has 3 nitrogen and oxygen atoms in total. The molecule has 1 aromatic rings. The van der Waals surface area contributed by atoms with Gasteiger partial charge in [-0.05, 0) is 64.6 Å². The molecule has 0 radical (unpaired) electrons. The van der Waals surface area contributed by atoms with Gasteiger partial charge >= 0.3 is 0 Å². The first-order chi connectivity index (χ1) is 8.76. The Morgan fingerprint density at radius 1 is 1.17 bits per heavy atom. The van der Waals surface area contributed by atoms with Crippen LogP contribution in [0.15, 0.2) is 24.3 Å². The van der Waals surface area contributed by atoms with E-state index >= 15 is 0 Å². The first kappa shape index (κ1) is 15.0. The highest BCUT2D eigenvalue weighted by Crippen LogP contribution is 2.12. The molecular formula is C15H26N2O. The molecule has 0 spiro atoms. The number of benzene rings is 1. The monoisotopic (exact) mass is 250 g/mol. The molecule has 0 fully saturated rings. The van der Waals surface area contributed by atoms with Crippen LogP contribution in [-0.2, 0) is 6.42 Å². The van der Waals surface area contributed by atoms with Crippen molar-refractivity contribution >= 4 is 0 Å². The van der Waals surface area contributed by atoms with Gasteiger partial charge in [0, 0.05) is 6.54 Å². The summed E-state index contributed by atoms with van der Waals surface area (Å²) < 4.78 is 5.43. The van der Waals surface area contributed by atoms with Crippen LogP contribution in [0.3, 0.4) is 0 Å². The summed E-state index contributed by atoms with van der Waals surface area (Å²) >= 11 is 0. The smallest absolute Gasteiger partial charge is 0.119 e. The number of nitrogens with one attached hydrogen (secondary N) is 1. The van der Waals surface area contributed by atoms with E-state index in [-0.39, 0.29) is 0 Å². The maximum absolute atomic E-state index is 5.43. The van der Waals surface area contributed by atoms with Crippen LogP contribution in [-0.4, -0.2) is 45.2 Å². The highest BCUT2D eigenvalue weighted by molar-refractivity contribution is 5.27. The molecule has 0 saturated carbocycles. The number of ether oxygens (including phenoxy) is 1. The lowest BCUT2D eigenvalue weighted by Gasteiger charge is -2.16. The summed E-state index contributed by atoms with van der Waals surface area (Å²) in [6.07, 6.45) is 2.30. The van der Waals surface area contributed by atoms with Gasteiger partial charge in [-0.3, -0.25) is 0 Å². The van der Waals surface area contributed by atoms with Crippen molar-refractivity contribution in [1.29, 1.82) is 0 Å². The lowest BCUT2D eigenvalue weighted by molar-refractivity contribution is 0.331. The maximum Gasteiger partial charge on any atom is 0.119 e. The molecule has 102 valence electrons. The summed E-state index contributed by atoms with van der Waals surface area (Å²) in [6.45, 7) is 6.09. The zero-order chi connectivity index (χ0) is 13.2. The molecule has 0 heterocycles. The molecule has 0 aliphatic rings. The van der Waals surface area contributed by atoms with E-state index in [4.69, 9.17) is 4.74 Å². The van der Waals surface area contributed by atoms with Crippen LogP contribution in [0, 0.1) is 0 Å². The molecule has 0 atom stereocenters. The Labute approximate surface area is 111 Å². The van der Waals surface area contributed by atoms with Gasteiger partial charge in [0.2, 0.25) is 0 Å². The molecule has 0 saturated heterocycles. The predicted octanol–water partition coefficient (Wildman–Crippen LogP) is 2.17. The minimum Gasteiger partial charge on any atom is -0.494 e. The van der Waals surface area contributed by atoms with Crippen molar-refractivity contribution in [3.63, 3.8) is 0 Å². The van der Waals surface area contributed by atoms with E-state index in [9.17, 15) is 0 Å². The van der Waals surface area contributed by atoms with Gasteiger partial charge in [-0.1, -0.05) is 12.1 Å². The van der Waals surface area contributed by atoms with Crippen LogP contribution in [0.25, 0.3) is 0 Å². The minimum atomic E-state index is 0.730. The Bertz CT molecular complexity index is 311. The topological polar surface area (TPSA) is 24.5 Å². The summed E-state index contributed by atoms with van der Waals surface area (Å²) in [6, 6.07) is 8.43. The zero-order valence-electron chi connectivity index (χ0n) is 11.9. The van der Waals surface area contributed by atoms with E-state index < -0.39 is 0 Å². The van der Waals surface area contributed by atoms with Crippen LogP contribution < -0.4 is 10.1 Å². The Hall–Kier alpha value is -1.06. The third kappa shape index (κ3) is 6.03. The largest absolute Gasteiger partial charge is 0.494 e. The van der Waals surface area contributed by atoms with E-state index in [1.54, 1.807) is 0 Å². The lowest BCUT2D eigenvalue weighted by Crippen LogP contribution is -2.24. The number of hydrogen-bond donors (Lipinski definition) is 1. The third-order valence-electron chi connectivity index (χ3n) is 2.98. The summed E-state index contributed by atoms with van der Waals surface area (Å²) in [5, 5.41) is 3.17. The molecule has 0 amide bonds. The van der Waals surface area contributed by atoms with Crippen molar-refractivity contribution in [2.75, 3.05) is 40.3 Å². The quantitative estimate of drug-likeness (QED) is 0.680. The van der Waals surface area contributed by atoms with E-state index in [0.717, 1.165) is 38.4 Å². The van der Waals surface area contributed by atoms with Crippen LogP contribution >= 0.6 is 0 Å². The fraction of sp³-hybridized carbons (Fsp3) is 0.600. The van der Waals surface area contributed by atoms with E-state index in [1.807, 2.05) is 14.0 Å². The van der Waals surface area contributed by atoms with E-state index in [1.165, 1.54) is 12.0 Å². The predicted molar refractivity (Wildman–Crippen MR) is 77.4 cm³/mol. The Balaban J connectivity index is 2.25. The normalized spacial score (nSPS) is 10.9. The maximum atomic E-state index is 5.43. The number of nitrogens with zero attached hydrogens (tertiary/aromatic N) is 1. The SMILES string of the molecule is CCOc1ccc(CCN(C)CCCNC)cc1. The van der Waals surface area contributed by atoms with Crippen molar-refractivity contribution in [3.05, 3.63) is 29.8 Å². The Morgan fingerprint density at radius 3 is 2.50 bits per heavy atom. The first-order valence-electron chi connectivity index (χ1n) is 6.81. The van der Waals surface area contributed by atoms with Gasteiger partial charge in [-0.2, -0.15) is 0 Å². The van der Waals surface area contributed by atoms with Crippen molar-refractivity contribution < 1.29 is 4.74 Å². The summed E-state index contributed by atoms with van der Waals surface area (Å²) in [7, 11) is 4.18. The zero-order valence-corrected chi connectivity index (χ0v) is 11.9. The second kappa shape index (κ2) is 8.95. The van der Waals surface area contributed by atoms with E-state index in [0.29, 0.717) is 0 Å². The standard InChI is InChI=1S/C15H26N2O/c1-4-18-15-8-6-14(7-9-15)10-13-17(3)12-5-11-16-2/h6-9,16H,4-5,10-13H2,1-3H3. The molecule has 1 aromatic carbocycles. The van der Waals surface area contributed by atoms with Crippen molar-refractivity contribution in [2.24, 2.45) is 0 Å². The van der Waals surface area contributed by atoms with Gasteiger partial charge in [-0.25, -0.2) is 0 Å². The van der Waals surface area contributed by atoms with Crippen LogP contribution in [0.5, 0.6) is 5.75 Å². The van der Waals surface area contributed by atoms with Crippen molar-refractivity contribution in [3.8, 4) is 5.75 Å². The lowest BCUT2D eigenvalue weighted by atomic mass is 10.1. The average Bonchev–Trinajstić information content (AvgIpc) is 2.39. The van der Waals surface area contributed by atoms with Crippen molar-refractivity contribution in [1.82, 2.24) is 10.2 Å². The molecule has 3 heteroatoms. The molecule has 0 aliphatic carbocycles. The number of hydrogen-bond acceptors (Lipinski definition) is 3. The van der Waals surface area contributed by atoms with Gasteiger partial charge in [0.05, 0.1) is 6.61 Å². The molecule has 0 aliphatic heterocycles. The number of rotatable bonds is 9. The molecule has 0 aromatic heterocycles. The molecular weight excluding hydrogens is 224 g/mol. The summed E-state index contributed by atoms with van der Waals surface area (Å²) in [5.41, 5.74) is 1.37. The highest BCUT2D eigenvalue weighted by atomic mass is 16.5. The van der Waals surface area contributed by atoms with Crippen LogP contribution in [0.2, 0.25) is 0 Å².